The number of piperidine rings is 1. The molecule has 3 unspecified atom stereocenters. The van der Waals surface area contributed by atoms with Crippen molar-refractivity contribution >= 4 is 6.29 Å². The van der Waals surface area contributed by atoms with Crippen LogP contribution < -0.4 is 9.47 Å². The van der Waals surface area contributed by atoms with Crippen molar-refractivity contribution in [3.63, 3.8) is 0 Å². The van der Waals surface area contributed by atoms with Crippen LogP contribution in [0.1, 0.15) is 31.2 Å². The summed E-state index contributed by atoms with van der Waals surface area (Å²) in [6, 6.07) is 4.31. The molecule has 1 aromatic carbocycles. The van der Waals surface area contributed by atoms with Crippen LogP contribution in [0.5, 0.6) is 11.5 Å². The molecular weight excluding hydrogens is 312 g/mol. The maximum Gasteiger partial charge on any atom is 0.232 e. The molecule has 3 atom stereocenters. The van der Waals surface area contributed by atoms with Crippen LogP contribution in [0.15, 0.2) is 18.2 Å². The van der Waals surface area contributed by atoms with Gasteiger partial charge >= 0.3 is 0 Å². The first-order valence-electron chi connectivity index (χ1n) is 8.10. The Bertz CT molecular complexity index is 592. The van der Waals surface area contributed by atoms with Crippen LogP contribution in [0.2, 0.25) is 0 Å². The summed E-state index contributed by atoms with van der Waals surface area (Å²) >= 11 is 0. The normalized spacial score (nSPS) is 24.4. The van der Waals surface area contributed by atoms with Crippen molar-refractivity contribution in [1.82, 2.24) is 4.90 Å². The first-order chi connectivity index (χ1) is 11.5. The number of nitro groups is 1. The topological polar surface area (TPSA) is 81.9 Å². The Morgan fingerprint density at radius 1 is 1.33 bits per heavy atom. The minimum absolute atomic E-state index is 0.231. The summed E-state index contributed by atoms with van der Waals surface area (Å²) in [4.78, 5) is 24.7. The molecule has 0 radical (unpaired) electrons. The molecule has 1 aromatic rings. The molecule has 1 aliphatic heterocycles. The third-order valence-electron chi connectivity index (χ3n) is 4.62. The van der Waals surface area contributed by atoms with Crippen LogP contribution in [-0.4, -0.2) is 55.5 Å². The lowest BCUT2D eigenvalue weighted by atomic mass is 9.82. The predicted molar refractivity (Wildman–Crippen MR) is 89.4 cm³/mol. The third kappa shape index (κ3) is 3.67. The van der Waals surface area contributed by atoms with Gasteiger partial charge in [-0.15, -0.1) is 0 Å². The van der Waals surface area contributed by atoms with E-state index in [4.69, 9.17) is 9.47 Å². The largest absolute Gasteiger partial charge is 0.493 e. The fraction of sp³-hybridized carbons (Fsp3) is 0.588. The Morgan fingerprint density at radius 3 is 2.58 bits per heavy atom. The molecule has 0 spiro atoms. The molecule has 1 aliphatic rings. The summed E-state index contributed by atoms with van der Waals surface area (Å²) in [6.07, 6.45) is 2.19. The molecule has 0 bridgehead atoms. The second-order valence-corrected chi connectivity index (χ2v) is 6.01. The van der Waals surface area contributed by atoms with Gasteiger partial charge in [-0.3, -0.25) is 15.0 Å². The first-order valence-corrected chi connectivity index (χ1v) is 8.10. The molecule has 24 heavy (non-hydrogen) atoms. The highest BCUT2D eigenvalue weighted by molar-refractivity contribution is 5.58. The second-order valence-electron chi connectivity index (χ2n) is 6.01. The van der Waals surface area contributed by atoms with Gasteiger partial charge in [0.05, 0.1) is 32.7 Å². The number of aldehydes is 1. The molecule has 1 heterocycles. The van der Waals surface area contributed by atoms with E-state index in [9.17, 15) is 14.9 Å². The third-order valence-corrected chi connectivity index (χ3v) is 4.62. The highest BCUT2D eigenvalue weighted by Gasteiger charge is 2.42. The number of nitrogens with zero attached hydrogens (tertiary/aromatic N) is 2. The lowest BCUT2D eigenvalue weighted by Gasteiger charge is -2.38. The fourth-order valence-electron chi connectivity index (χ4n) is 3.41. The van der Waals surface area contributed by atoms with Crippen LogP contribution in [0, 0.1) is 10.1 Å². The number of hydrogen-bond acceptors (Lipinski definition) is 6. The number of likely N-dealkylation sites (tertiary alicyclic amines) is 1. The zero-order valence-electron chi connectivity index (χ0n) is 14.3. The molecule has 0 saturated carbocycles. The maximum absolute atomic E-state index is 11.6. The number of hydrogen-bond donors (Lipinski definition) is 0. The van der Waals surface area contributed by atoms with Gasteiger partial charge in [0.2, 0.25) is 6.04 Å². The monoisotopic (exact) mass is 336 g/mol. The summed E-state index contributed by atoms with van der Waals surface area (Å²) < 4.78 is 10.5. The van der Waals surface area contributed by atoms with Crippen molar-refractivity contribution in [3.8, 4) is 11.5 Å². The molecule has 2 rings (SSSR count). The molecular formula is C17H24N2O5. The van der Waals surface area contributed by atoms with E-state index in [1.807, 2.05) is 17.9 Å². The van der Waals surface area contributed by atoms with Crippen molar-refractivity contribution in [2.75, 3.05) is 27.3 Å². The number of methoxy groups -OCH3 is 2. The van der Waals surface area contributed by atoms with E-state index < -0.39 is 6.04 Å². The average molecular weight is 336 g/mol. The molecule has 1 fully saturated rings. The molecule has 0 aromatic heterocycles. The van der Waals surface area contributed by atoms with Crippen molar-refractivity contribution in [2.24, 2.45) is 0 Å². The van der Waals surface area contributed by atoms with Gasteiger partial charge in [-0.05, 0) is 37.1 Å². The lowest BCUT2D eigenvalue weighted by molar-refractivity contribution is -0.530. The summed E-state index contributed by atoms with van der Waals surface area (Å²) in [5.41, 5.74) is 0.803. The minimum Gasteiger partial charge on any atom is -0.493 e. The number of ether oxygens (including phenoxy) is 2. The van der Waals surface area contributed by atoms with Crippen molar-refractivity contribution in [3.05, 3.63) is 33.9 Å². The van der Waals surface area contributed by atoms with E-state index in [0.29, 0.717) is 24.5 Å². The molecule has 0 amide bonds. The Labute approximate surface area is 141 Å². The van der Waals surface area contributed by atoms with Gasteiger partial charge in [-0.25, -0.2) is 0 Å². The molecule has 132 valence electrons. The Balaban J connectivity index is 2.35. The van der Waals surface area contributed by atoms with Gasteiger partial charge in [0.15, 0.2) is 11.5 Å². The van der Waals surface area contributed by atoms with Crippen LogP contribution in [-0.2, 0) is 4.79 Å². The SMILES string of the molecule is CCCN1CC([N+](=O)[O-])C(c2ccc(OC)c(OC)c2)CC1C=O. The van der Waals surface area contributed by atoms with E-state index in [2.05, 4.69) is 0 Å². The Kier molecular flexibility index (Phi) is 6.14. The van der Waals surface area contributed by atoms with Crippen LogP contribution in [0.25, 0.3) is 0 Å². The minimum atomic E-state index is -0.745. The molecule has 7 nitrogen and oxygen atoms in total. The first kappa shape index (κ1) is 18.2. The maximum atomic E-state index is 11.6. The van der Waals surface area contributed by atoms with Gasteiger partial charge < -0.3 is 14.3 Å². The van der Waals surface area contributed by atoms with Crippen molar-refractivity contribution < 1.29 is 19.2 Å². The molecule has 1 saturated heterocycles. The number of benzene rings is 1. The number of carbonyl (C=O) groups is 1. The standard InChI is InChI=1S/C17H24N2O5/c1-4-7-18-10-15(19(21)22)14(9-13(18)11-20)12-5-6-16(23-2)17(8-12)24-3/h5-6,8,11,13-15H,4,7,9-10H2,1-3H3. The van der Waals surface area contributed by atoms with Gasteiger partial charge in [-0.1, -0.05) is 13.0 Å². The molecule has 0 N–H and O–H groups in total. The lowest BCUT2D eigenvalue weighted by Crippen LogP contribution is -2.52. The van der Waals surface area contributed by atoms with E-state index in [1.54, 1.807) is 19.2 Å². The highest BCUT2D eigenvalue weighted by atomic mass is 16.6. The number of rotatable bonds is 7. The van der Waals surface area contributed by atoms with Crippen LogP contribution in [0.3, 0.4) is 0 Å². The second kappa shape index (κ2) is 8.10. The van der Waals surface area contributed by atoms with Gasteiger partial charge in [0, 0.05) is 4.92 Å². The fourth-order valence-corrected chi connectivity index (χ4v) is 3.41. The van der Waals surface area contributed by atoms with Gasteiger partial charge in [0.25, 0.3) is 0 Å². The van der Waals surface area contributed by atoms with E-state index in [0.717, 1.165) is 18.3 Å². The molecule has 7 heteroatoms. The predicted octanol–water partition coefficient (Wildman–Crippen LogP) is 2.12. The zero-order valence-corrected chi connectivity index (χ0v) is 14.3. The van der Waals surface area contributed by atoms with Crippen molar-refractivity contribution in [1.29, 1.82) is 0 Å². The highest BCUT2D eigenvalue weighted by Crippen LogP contribution is 2.37. The Hall–Kier alpha value is -2.15. The van der Waals surface area contributed by atoms with E-state index in [-0.39, 0.29) is 23.4 Å². The summed E-state index contributed by atoms with van der Waals surface area (Å²) in [5, 5.41) is 11.6. The Morgan fingerprint density at radius 2 is 2.04 bits per heavy atom. The zero-order chi connectivity index (χ0) is 17.7. The van der Waals surface area contributed by atoms with E-state index in [1.165, 1.54) is 7.11 Å². The smallest absolute Gasteiger partial charge is 0.232 e. The van der Waals surface area contributed by atoms with E-state index >= 15 is 0 Å². The van der Waals surface area contributed by atoms with Gasteiger partial charge in [0.1, 0.15) is 6.29 Å². The number of carbonyl (C=O) groups excluding carboxylic acids is 1. The average Bonchev–Trinajstić information content (AvgIpc) is 2.60. The summed E-state index contributed by atoms with van der Waals surface area (Å²) in [7, 11) is 3.08. The van der Waals surface area contributed by atoms with Gasteiger partial charge in [-0.2, -0.15) is 0 Å². The van der Waals surface area contributed by atoms with Crippen LogP contribution in [0.4, 0.5) is 0 Å². The summed E-state index contributed by atoms with van der Waals surface area (Å²) in [5.74, 6) is 0.785. The molecule has 0 aliphatic carbocycles. The quantitative estimate of drug-likeness (QED) is 0.431. The van der Waals surface area contributed by atoms with Crippen LogP contribution >= 0.6 is 0 Å². The van der Waals surface area contributed by atoms with Crippen molar-refractivity contribution in [2.45, 2.75) is 37.8 Å². The summed E-state index contributed by atoms with van der Waals surface area (Å²) in [6.45, 7) is 2.97.